The Hall–Kier alpha value is -0.540. The summed E-state index contributed by atoms with van der Waals surface area (Å²) >= 11 is 0. The van der Waals surface area contributed by atoms with Crippen molar-refractivity contribution in [3.63, 3.8) is 0 Å². The Morgan fingerprint density at radius 3 is 2.70 bits per heavy atom. The molecule has 2 rings (SSSR count). The topological polar surface area (TPSA) is 29.9 Å². The third-order valence-corrected chi connectivity index (χ3v) is 1.66. The van der Waals surface area contributed by atoms with Crippen LogP contribution in [0.2, 0.25) is 0 Å². The first kappa shape index (κ1) is 7.57. The molecule has 0 amide bonds. The number of rotatable bonds is 1. The zero-order valence-corrected chi connectivity index (χ0v) is 6.34. The van der Waals surface area contributed by atoms with E-state index < -0.39 is 0 Å². The van der Waals surface area contributed by atoms with Gasteiger partial charge in [0, 0.05) is 25.5 Å². The van der Waals surface area contributed by atoms with Crippen LogP contribution in [0.3, 0.4) is 0 Å². The highest BCUT2D eigenvalue weighted by atomic mass is 35.5. The van der Waals surface area contributed by atoms with Crippen molar-refractivity contribution in [3.8, 4) is 0 Å². The van der Waals surface area contributed by atoms with Crippen molar-refractivity contribution >= 4 is 12.4 Å². The molecule has 4 heteroatoms. The van der Waals surface area contributed by atoms with E-state index in [-0.39, 0.29) is 12.4 Å². The number of nitrogens with one attached hydrogen (secondary N) is 1. The Bertz CT molecular complexity index is 181. The van der Waals surface area contributed by atoms with Crippen LogP contribution in [0.15, 0.2) is 18.5 Å². The van der Waals surface area contributed by atoms with Gasteiger partial charge in [0.1, 0.15) is 0 Å². The van der Waals surface area contributed by atoms with E-state index >= 15 is 0 Å². The van der Waals surface area contributed by atoms with E-state index in [2.05, 4.69) is 10.4 Å². The fourth-order valence-electron chi connectivity index (χ4n) is 0.957. The van der Waals surface area contributed by atoms with E-state index in [4.69, 9.17) is 0 Å². The van der Waals surface area contributed by atoms with Gasteiger partial charge < -0.3 is 5.32 Å². The highest BCUT2D eigenvalue weighted by molar-refractivity contribution is 5.85. The van der Waals surface area contributed by atoms with Crippen LogP contribution in [0.4, 0.5) is 0 Å². The third kappa shape index (κ3) is 1.15. The lowest BCUT2D eigenvalue weighted by atomic mass is 10.2. The first-order valence-electron chi connectivity index (χ1n) is 3.16. The van der Waals surface area contributed by atoms with Gasteiger partial charge in [-0.2, -0.15) is 5.10 Å². The van der Waals surface area contributed by atoms with Crippen molar-refractivity contribution in [1.29, 1.82) is 0 Å². The second-order valence-electron chi connectivity index (χ2n) is 2.30. The molecule has 2 heterocycles. The van der Waals surface area contributed by atoms with E-state index in [1.807, 2.05) is 23.1 Å². The summed E-state index contributed by atoms with van der Waals surface area (Å²) in [5.74, 6) is 0. The van der Waals surface area contributed by atoms with Crippen molar-refractivity contribution in [2.24, 2.45) is 0 Å². The Kier molecular flexibility index (Phi) is 2.29. The van der Waals surface area contributed by atoms with Gasteiger partial charge in [-0.25, -0.2) is 0 Å². The van der Waals surface area contributed by atoms with Gasteiger partial charge in [0.25, 0.3) is 0 Å². The van der Waals surface area contributed by atoms with Crippen molar-refractivity contribution in [2.45, 2.75) is 6.04 Å². The summed E-state index contributed by atoms with van der Waals surface area (Å²) in [6, 6.07) is 2.57. The molecular formula is C6H10ClN3. The normalized spacial score (nSPS) is 17.6. The average Bonchev–Trinajstić information content (AvgIpc) is 2.11. The molecule has 0 atom stereocenters. The number of hydrogen-bond acceptors (Lipinski definition) is 2. The molecule has 0 saturated carbocycles. The quantitative estimate of drug-likeness (QED) is 0.645. The maximum Gasteiger partial charge on any atom is 0.0767 e. The average molecular weight is 160 g/mol. The minimum Gasteiger partial charge on any atom is -0.312 e. The Morgan fingerprint density at radius 1 is 1.50 bits per heavy atom. The molecule has 1 saturated heterocycles. The van der Waals surface area contributed by atoms with Crippen LogP contribution >= 0.6 is 12.4 Å². The van der Waals surface area contributed by atoms with Crippen molar-refractivity contribution < 1.29 is 0 Å². The number of aromatic nitrogens is 2. The molecule has 1 fully saturated rings. The van der Waals surface area contributed by atoms with Crippen LogP contribution in [0.25, 0.3) is 0 Å². The van der Waals surface area contributed by atoms with E-state index in [0.717, 1.165) is 13.1 Å². The van der Waals surface area contributed by atoms with E-state index in [0.29, 0.717) is 6.04 Å². The minimum absolute atomic E-state index is 0. The molecule has 0 spiro atoms. The first-order valence-corrected chi connectivity index (χ1v) is 3.16. The molecule has 0 bridgehead atoms. The van der Waals surface area contributed by atoms with Gasteiger partial charge in [0.15, 0.2) is 0 Å². The predicted octanol–water partition coefficient (Wildman–Crippen LogP) is 0.449. The summed E-state index contributed by atoms with van der Waals surface area (Å²) in [6.45, 7) is 2.14. The molecule has 1 aliphatic rings. The lowest BCUT2D eigenvalue weighted by Gasteiger charge is -2.26. The van der Waals surface area contributed by atoms with Crippen LogP contribution in [0.5, 0.6) is 0 Å². The van der Waals surface area contributed by atoms with Gasteiger partial charge in [0.05, 0.1) is 6.04 Å². The lowest BCUT2D eigenvalue weighted by molar-refractivity contribution is 0.318. The standard InChI is InChI=1S/C6H9N3.ClH/c1-2-8-9(3-1)6-4-7-5-6;/h1-3,6-7H,4-5H2;1H. The maximum atomic E-state index is 4.11. The van der Waals surface area contributed by atoms with Crippen LogP contribution in [-0.4, -0.2) is 22.9 Å². The molecule has 10 heavy (non-hydrogen) atoms. The molecule has 1 aromatic heterocycles. The number of hydrogen-bond donors (Lipinski definition) is 1. The van der Waals surface area contributed by atoms with E-state index in [1.54, 1.807) is 0 Å². The van der Waals surface area contributed by atoms with Crippen LogP contribution < -0.4 is 5.32 Å². The van der Waals surface area contributed by atoms with Crippen molar-refractivity contribution in [1.82, 2.24) is 15.1 Å². The van der Waals surface area contributed by atoms with Gasteiger partial charge >= 0.3 is 0 Å². The fraction of sp³-hybridized carbons (Fsp3) is 0.500. The zero-order chi connectivity index (χ0) is 6.10. The SMILES string of the molecule is Cl.c1cnn(C2CNC2)c1. The molecule has 0 unspecified atom stereocenters. The smallest absolute Gasteiger partial charge is 0.0767 e. The van der Waals surface area contributed by atoms with Gasteiger partial charge in [0.2, 0.25) is 0 Å². The summed E-state index contributed by atoms with van der Waals surface area (Å²) in [5.41, 5.74) is 0. The Labute approximate surface area is 65.8 Å². The van der Waals surface area contributed by atoms with Crippen molar-refractivity contribution in [2.75, 3.05) is 13.1 Å². The van der Waals surface area contributed by atoms with Gasteiger partial charge in [-0.1, -0.05) is 0 Å². The van der Waals surface area contributed by atoms with Gasteiger partial charge in [-0.15, -0.1) is 12.4 Å². The fourth-order valence-corrected chi connectivity index (χ4v) is 0.957. The largest absolute Gasteiger partial charge is 0.312 e. The van der Waals surface area contributed by atoms with Gasteiger partial charge in [-0.05, 0) is 6.07 Å². The third-order valence-electron chi connectivity index (χ3n) is 1.66. The number of halogens is 1. The zero-order valence-electron chi connectivity index (χ0n) is 5.53. The molecule has 0 aromatic carbocycles. The molecule has 0 radical (unpaired) electrons. The van der Waals surface area contributed by atoms with Crippen LogP contribution in [-0.2, 0) is 0 Å². The summed E-state index contributed by atoms with van der Waals surface area (Å²) in [7, 11) is 0. The van der Waals surface area contributed by atoms with Gasteiger partial charge in [-0.3, -0.25) is 4.68 Å². The highest BCUT2D eigenvalue weighted by Gasteiger charge is 2.17. The van der Waals surface area contributed by atoms with E-state index in [9.17, 15) is 0 Å². The molecule has 1 aromatic rings. The summed E-state index contributed by atoms with van der Waals surface area (Å²) in [6.07, 6.45) is 3.82. The Balaban J connectivity index is 0.000000500. The van der Waals surface area contributed by atoms with E-state index in [1.165, 1.54) is 0 Å². The van der Waals surface area contributed by atoms with Crippen molar-refractivity contribution in [3.05, 3.63) is 18.5 Å². The molecular weight excluding hydrogens is 150 g/mol. The molecule has 0 aliphatic carbocycles. The monoisotopic (exact) mass is 159 g/mol. The first-order chi connectivity index (χ1) is 4.47. The highest BCUT2D eigenvalue weighted by Crippen LogP contribution is 2.07. The molecule has 1 aliphatic heterocycles. The van der Waals surface area contributed by atoms with Crippen LogP contribution in [0, 0.1) is 0 Å². The van der Waals surface area contributed by atoms with Crippen LogP contribution in [0.1, 0.15) is 6.04 Å². The second kappa shape index (κ2) is 3.03. The number of nitrogens with zero attached hydrogens (tertiary/aromatic N) is 2. The minimum atomic E-state index is 0. The lowest BCUT2D eigenvalue weighted by Crippen LogP contribution is -2.43. The summed E-state index contributed by atoms with van der Waals surface area (Å²) in [4.78, 5) is 0. The molecule has 1 N–H and O–H groups in total. The summed E-state index contributed by atoms with van der Waals surface area (Å²) in [5, 5.41) is 7.30. The Morgan fingerprint density at radius 2 is 2.30 bits per heavy atom. The molecule has 3 nitrogen and oxygen atoms in total. The maximum absolute atomic E-state index is 4.11. The predicted molar refractivity (Wildman–Crippen MR) is 41.4 cm³/mol. The molecule has 56 valence electrons. The summed E-state index contributed by atoms with van der Waals surface area (Å²) < 4.78 is 2.00. The second-order valence-corrected chi connectivity index (χ2v) is 2.30.